The molecule has 0 aliphatic carbocycles. The first kappa shape index (κ1) is 21.2. The summed E-state index contributed by atoms with van der Waals surface area (Å²) in [6, 6.07) is 18.9. The van der Waals surface area contributed by atoms with Crippen molar-refractivity contribution < 1.29 is 0 Å². The molecule has 0 aliphatic heterocycles. The van der Waals surface area contributed by atoms with Gasteiger partial charge in [-0.05, 0) is 28.3 Å². The van der Waals surface area contributed by atoms with Gasteiger partial charge in [-0.1, -0.05) is 74.7 Å². The minimum absolute atomic E-state index is 0.191. The molecular weight excluding hydrogens is 402 g/mol. The summed E-state index contributed by atoms with van der Waals surface area (Å²) in [7, 11) is 0. The van der Waals surface area contributed by atoms with Crippen molar-refractivity contribution in [2.75, 3.05) is 0 Å². The number of hydrogen-bond acceptors (Lipinski definition) is 5. The van der Waals surface area contributed by atoms with E-state index in [0.29, 0.717) is 18.8 Å². The highest BCUT2D eigenvalue weighted by Gasteiger charge is 2.14. The van der Waals surface area contributed by atoms with E-state index in [2.05, 4.69) is 44.6 Å². The number of nitrogens with one attached hydrogen (secondary N) is 1. The third-order valence-corrected chi connectivity index (χ3v) is 5.17. The van der Waals surface area contributed by atoms with Gasteiger partial charge in [-0.15, -0.1) is 20.0 Å². The summed E-state index contributed by atoms with van der Waals surface area (Å²) in [5.41, 5.74) is 3.79. The van der Waals surface area contributed by atoms with Crippen molar-refractivity contribution >= 4 is 0 Å². The van der Waals surface area contributed by atoms with E-state index in [9.17, 15) is 4.79 Å². The quantitative estimate of drug-likeness (QED) is 0.456. The molecule has 0 saturated carbocycles. The van der Waals surface area contributed by atoms with Gasteiger partial charge in [0.1, 0.15) is 5.82 Å². The molecule has 0 atom stereocenters. The molecule has 2 aromatic carbocycles. The standard InChI is InChI=1S/C24H25N7O/c1-3-5-11-22-27-31(16-6-4-2)24(32)30(22)17-18-12-14-19(15-13-18)20-9-7-8-10-21(20)23-25-28-29-26-23/h7-10,12-15H,3-5,11,17H2,1-2H3,(H,25,26,28,29). The van der Waals surface area contributed by atoms with Gasteiger partial charge in [0.2, 0.25) is 5.82 Å². The molecule has 0 spiro atoms. The predicted octanol–water partition coefficient (Wildman–Crippen LogP) is 3.50. The first-order valence-electron chi connectivity index (χ1n) is 10.8. The highest BCUT2D eigenvalue weighted by atomic mass is 16.2. The Balaban J connectivity index is 1.63. The number of benzene rings is 2. The second-order valence-electron chi connectivity index (χ2n) is 7.42. The Morgan fingerprint density at radius 3 is 2.50 bits per heavy atom. The molecule has 0 amide bonds. The molecule has 4 aromatic rings. The van der Waals surface area contributed by atoms with E-state index in [1.54, 1.807) is 4.57 Å². The van der Waals surface area contributed by atoms with Crippen LogP contribution >= 0.6 is 0 Å². The maximum atomic E-state index is 12.9. The van der Waals surface area contributed by atoms with Crippen molar-refractivity contribution in [1.29, 1.82) is 0 Å². The monoisotopic (exact) mass is 427 g/mol. The summed E-state index contributed by atoms with van der Waals surface area (Å²) in [4.78, 5) is 12.9. The van der Waals surface area contributed by atoms with Crippen molar-refractivity contribution in [2.24, 2.45) is 0 Å². The first-order valence-corrected chi connectivity index (χ1v) is 10.8. The molecule has 1 N–H and O–H groups in total. The average molecular weight is 428 g/mol. The summed E-state index contributed by atoms with van der Waals surface area (Å²) in [5.74, 6) is 4.25. The molecule has 0 bridgehead atoms. The average Bonchev–Trinajstić information content (AvgIpc) is 3.46. The van der Waals surface area contributed by atoms with Gasteiger partial charge in [0.25, 0.3) is 0 Å². The lowest BCUT2D eigenvalue weighted by Gasteiger charge is -2.09. The maximum Gasteiger partial charge on any atom is 0.358 e. The van der Waals surface area contributed by atoms with E-state index in [1.807, 2.05) is 55.5 Å². The highest BCUT2D eigenvalue weighted by molar-refractivity contribution is 5.80. The fourth-order valence-electron chi connectivity index (χ4n) is 3.52. The minimum atomic E-state index is -0.191. The second kappa shape index (κ2) is 9.88. The van der Waals surface area contributed by atoms with Gasteiger partial charge in [-0.25, -0.2) is 4.79 Å². The van der Waals surface area contributed by atoms with E-state index in [0.717, 1.165) is 47.3 Å². The van der Waals surface area contributed by atoms with Crippen LogP contribution < -0.4 is 5.69 Å². The van der Waals surface area contributed by atoms with Crippen LogP contribution in [-0.4, -0.2) is 35.0 Å². The normalized spacial score (nSPS) is 10.7. The van der Waals surface area contributed by atoms with Crippen LogP contribution in [0, 0.1) is 12.0 Å². The summed E-state index contributed by atoms with van der Waals surface area (Å²) >= 11 is 0. The van der Waals surface area contributed by atoms with Crippen molar-refractivity contribution in [3.05, 3.63) is 70.4 Å². The van der Waals surface area contributed by atoms with Gasteiger partial charge in [0.05, 0.1) is 6.54 Å². The Hall–Kier alpha value is -3.99. The summed E-state index contributed by atoms with van der Waals surface area (Å²) in [6.07, 6.45) is 3.44. The smallest absolute Gasteiger partial charge is 0.274 e. The fraction of sp³-hybridized carbons (Fsp3) is 0.292. The Labute approximate surface area is 186 Å². The van der Waals surface area contributed by atoms with Crippen LogP contribution in [0.4, 0.5) is 0 Å². The van der Waals surface area contributed by atoms with E-state index < -0.39 is 0 Å². The molecule has 0 aliphatic rings. The number of aromatic amines is 1. The molecule has 0 radical (unpaired) electrons. The molecule has 162 valence electrons. The van der Waals surface area contributed by atoms with Crippen molar-refractivity contribution in [1.82, 2.24) is 35.0 Å². The maximum absolute atomic E-state index is 12.9. The number of aromatic nitrogens is 7. The molecule has 2 aromatic heterocycles. The molecule has 32 heavy (non-hydrogen) atoms. The van der Waals surface area contributed by atoms with Crippen LogP contribution in [0.5, 0.6) is 0 Å². The topological polar surface area (TPSA) is 94.3 Å². The molecule has 0 unspecified atom stereocenters. The summed E-state index contributed by atoms with van der Waals surface area (Å²) < 4.78 is 2.99. The lowest BCUT2D eigenvalue weighted by Crippen LogP contribution is -2.24. The first-order chi connectivity index (χ1) is 15.7. The van der Waals surface area contributed by atoms with Gasteiger partial charge in [0, 0.05) is 24.4 Å². The van der Waals surface area contributed by atoms with Crippen molar-refractivity contribution in [3.8, 4) is 34.5 Å². The van der Waals surface area contributed by atoms with Crippen LogP contribution in [-0.2, 0) is 13.0 Å². The van der Waals surface area contributed by atoms with Gasteiger partial charge >= 0.3 is 5.69 Å². The van der Waals surface area contributed by atoms with Crippen LogP contribution in [0.15, 0.2) is 53.3 Å². The molecule has 8 nitrogen and oxygen atoms in total. The second-order valence-corrected chi connectivity index (χ2v) is 7.42. The minimum Gasteiger partial charge on any atom is -0.274 e. The van der Waals surface area contributed by atoms with E-state index in [1.165, 1.54) is 4.68 Å². The molecule has 2 heterocycles. The summed E-state index contributed by atoms with van der Waals surface area (Å²) in [6.45, 7) is 4.53. The highest BCUT2D eigenvalue weighted by Crippen LogP contribution is 2.29. The van der Waals surface area contributed by atoms with Crippen LogP contribution in [0.25, 0.3) is 22.5 Å². The number of tetrazole rings is 1. The SMILES string of the molecule is CCC#Cn1nc(CCCC)n(Cc2ccc(-c3ccccc3-c3nn[nH]n3)cc2)c1=O. The lowest BCUT2D eigenvalue weighted by atomic mass is 9.98. The third kappa shape index (κ3) is 4.52. The van der Waals surface area contributed by atoms with Crippen LogP contribution in [0.2, 0.25) is 0 Å². The number of hydrogen-bond donors (Lipinski definition) is 1. The molecule has 0 saturated heterocycles. The van der Waals surface area contributed by atoms with Gasteiger partial charge in [-0.2, -0.15) is 5.21 Å². The predicted molar refractivity (Wildman–Crippen MR) is 123 cm³/mol. The third-order valence-electron chi connectivity index (χ3n) is 5.17. The number of aryl methyl sites for hydroxylation is 1. The van der Waals surface area contributed by atoms with Crippen molar-refractivity contribution in [3.63, 3.8) is 0 Å². The zero-order valence-electron chi connectivity index (χ0n) is 18.2. The zero-order valence-corrected chi connectivity index (χ0v) is 18.2. The molecule has 4 rings (SSSR count). The Morgan fingerprint density at radius 1 is 1.03 bits per heavy atom. The molecule has 8 heteroatoms. The number of nitrogens with zero attached hydrogens (tertiary/aromatic N) is 6. The van der Waals surface area contributed by atoms with Crippen LogP contribution in [0.1, 0.15) is 44.5 Å². The molecular formula is C24H25N7O. The molecule has 0 fully saturated rings. The Bertz CT molecular complexity index is 1290. The summed E-state index contributed by atoms with van der Waals surface area (Å²) in [5, 5.41) is 18.8. The number of rotatable bonds is 7. The zero-order chi connectivity index (χ0) is 22.3. The number of H-pyrrole nitrogens is 1. The van der Waals surface area contributed by atoms with Gasteiger partial charge in [0.15, 0.2) is 0 Å². The van der Waals surface area contributed by atoms with Gasteiger partial charge in [-0.3, -0.25) is 4.57 Å². The Kier molecular flexibility index (Phi) is 6.56. The largest absolute Gasteiger partial charge is 0.358 e. The van der Waals surface area contributed by atoms with E-state index in [4.69, 9.17) is 0 Å². The number of unbranched alkanes of at least 4 members (excludes halogenated alkanes) is 1. The van der Waals surface area contributed by atoms with Crippen molar-refractivity contribution in [2.45, 2.75) is 46.1 Å². The lowest BCUT2D eigenvalue weighted by molar-refractivity contribution is 0.666. The van der Waals surface area contributed by atoms with E-state index in [-0.39, 0.29) is 5.69 Å². The Morgan fingerprint density at radius 2 is 1.81 bits per heavy atom. The van der Waals surface area contributed by atoms with Gasteiger partial charge < -0.3 is 0 Å². The van der Waals surface area contributed by atoms with E-state index >= 15 is 0 Å². The fourth-order valence-corrected chi connectivity index (χ4v) is 3.52. The van der Waals surface area contributed by atoms with Crippen LogP contribution in [0.3, 0.4) is 0 Å².